The summed E-state index contributed by atoms with van der Waals surface area (Å²) in [4.78, 5) is 11.8. The van der Waals surface area contributed by atoms with E-state index in [2.05, 4.69) is 5.32 Å². The second kappa shape index (κ2) is 4.13. The molecule has 1 unspecified atom stereocenters. The first-order chi connectivity index (χ1) is 8.04. The number of aryl methyl sites for hydroxylation is 1. The monoisotopic (exact) mass is 233 g/mol. The Morgan fingerprint density at radius 2 is 2.12 bits per heavy atom. The van der Waals surface area contributed by atoms with E-state index in [0.717, 1.165) is 5.56 Å². The van der Waals surface area contributed by atoms with E-state index in [4.69, 9.17) is 4.74 Å². The number of rotatable bonds is 2. The number of ether oxygens (including phenoxy) is 1. The van der Waals surface area contributed by atoms with Gasteiger partial charge in [-0.2, -0.15) is 0 Å². The Balaban J connectivity index is 2.58. The van der Waals surface area contributed by atoms with Gasteiger partial charge >= 0.3 is 0 Å². The number of aliphatic hydroxyl groups excluding tert-OH is 1. The molecule has 0 aromatic heterocycles. The molecule has 90 valence electrons. The van der Waals surface area contributed by atoms with E-state index in [9.17, 15) is 9.90 Å². The third-order valence-corrected chi connectivity index (χ3v) is 2.87. The van der Waals surface area contributed by atoms with Crippen molar-refractivity contribution in [3.05, 3.63) is 35.1 Å². The van der Waals surface area contributed by atoms with Gasteiger partial charge in [-0.3, -0.25) is 4.79 Å². The van der Waals surface area contributed by atoms with Crippen LogP contribution in [0.1, 0.15) is 18.1 Å². The van der Waals surface area contributed by atoms with Crippen LogP contribution in [0.3, 0.4) is 0 Å². The zero-order chi connectivity index (χ0) is 12.6. The lowest BCUT2D eigenvalue weighted by molar-refractivity contribution is -0.115. The molecule has 1 amide bonds. The van der Waals surface area contributed by atoms with Gasteiger partial charge in [0.1, 0.15) is 11.5 Å². The predicted octanol–water partition coefficient (Wildman–Crippen LogP) is 1.79. The van der Waals surface area contributed by atoms with Gasteiger partial charge in [0.05, 0.1) is 18.7 Å². The van der Waals surface area contributed by atoms with Crippen LogP contribution in [0.4, 0.5) is 0 Å². The van der Waals surface area contributed by atoms with Crippen molar-refractivity contribution < 1.29 is 14.6 Å². The molecule has 4 nitrogen and oxygen atoms in total. The van der Waals surface area contributed by atoms with E-state index in [1.54, 1.807) is 20.1 Å². The minimum atomic E-state index is -0.344. The topological polar surface area (TPSA) is 58.6 Å². The van der Waals surface area contributed by atoms with Gasteiger partial charge in [0.25, 0.3) is 5.91 Å². The molecule has 0 fully saturated rings. The average molecular weight is 233 g/mol. The van der Waals surface area contributed by atoms with Crippen LogP contribution in [0.2, 0.25) is 0 Å². The van der Waals surface area contributed by atoms with Gasteiger partial charge in [0.15, 0.2) is 0 Å². The van der Waals surface area contributed by atoms with Crippen LogP contribution in [0.25, 0.3) is 5.57 Å². The Morgan fingerprint density at radius 1 is 1.41 bits per heavy atom. The molecule has 0 spiro atoms. The fourth-order valence-corrected chi connectivity index (χ4v) is 1.94. The summed E-state index contributed by atoms with van der Waals surface area (Å²) < 4.78 is 5.25. The molecular weight excluding hydrogens is 218 g/mol. The fourth-order valence-electron chi connectivity index (χ4n) is 1.94. The predicted molar refractivity (Wildman–Crippen MR) is 64.9 cm³/mol. The lowest BCUT2D eigenvalue weighted by atomic mass is 10.0. The molecule has 1 aromatic rings. The Labute approximate surface area is 99.9 Å². The van der Waals surface area contributed by atoms with Crippen LogP contribution in [-0.2, 0) is 4.79 Å². The SMILES string of the molecule is COc1cc(C)ccc1C1=C(O)C(C)NC1=O. The average Bonchev–Trinajstić information content (AvgIpc) is 2.54. The van der Waals surface area contributed by atoms with Crippen molar-refractivity contribution in [1.29, 1.82) is 0 Å². The quantitative estimate of drug-likeness (QED) is 0.818. The van der Waals surface area contributed by atoms with Gasteiger partial charge in [-0.25, -0.2) is 0 Å². The molecule has 0 radical (unpaired) electrons. The van der Waals surface area contributed by atoms with Gasteiger partial charge in [0.2, 0.25) is 0 Å². The van der Waals surface area contributed by atoms with Gasteiger partial charge in [-0.05, 0) is 25.5 Å². The van der Waals surface area contributed by atoms with Gasteiger partial charge in [-0.1, -0.05) is 12.1 Å². The Morgan fingerprint density at radius 3 is 2.65 bits per heavy atom. The van der Waals surface area contributed by atoms with Gasteiger partial charge in [0, 0.05) is 5.56 Å². The molecule has 0 bridgehead atoms. The largest absolute Gasteiger partial charge is 0.509 e. The summed E-state index contributed by atoms with van der Waals surface area (Å²) >= 11 is 0. The van der Waals surface area contributed by atoms with E-state index in [1.807, 2.05) is 19.1 Å². The summed E-state index contributed by atoms with van der Waals surface area (Å²) in [7, 11) is 1.55. The molecule has 1 atom stereocenters. The molecule has 1 aliphatic rings. The van der Waals surface area contributed by atoms with Gasteiger partial charge in [-0.15, -0.1) is 0 Å². The number of hydrogen-bond donors (Lipinski definition) is 2. The van der Waals surface area contributed by atoms with Crippen LogP contribution >= 0.6 is 0 Å². The van der Waals surface area contributed by atoms with Crippen LogP contribution in [0, 0.1) is 6.92 Å². The van der Waals surface area contributed by atoms with Crippen LogP contribution in [0.5, 0.6) is 5.75 Å². The number of carbonyl (C=O) groups is 1. The summed E-state index contributed by atoms with van der Waals surface area (Å²) in [5.74, 6) is 0.394. The molecule has 2 N–H and O–H groups in total. The second-order valence-electron chi connectivity index (χ2n) is 4.16. The molecule has 2 rings (SSSR count). The van der Waals surface area contributed by atoms with Crippen molar-refractivity contribution in [3.8, 4) is 5.75 Å². The number of hydrogen-bond acceptors (Lipinski definition) is 3. The van der Waals surface area contributed by atoms with E-state index in [0.29, 0.717) is 16.9 Å². The van der Waals surface area contributed by atoms with Crippen molar-refractivity contribution >= 4 is 11.5 Å². The number of benzene rings is 1. The highest BCUT2D eigenvalue weighted by Crippen LogP contribution is 2.32. The first-order valence-electron chi connectivity index (χ1n) is 5.43. The van der Waals surface area contributed by atoms with E-state index >= 15 is 0 Å². The summed E-state index contributed by atoms with van der Waals surface area (Å²) in [5.41, 5.74) is 1.96. The highest BCUT2D eigenvalue weighted by molar-refractivity contribution is 6.23. The van der Waals surface area contributed by atoms with Crippen molar-refractivity contribution in [2.45, 2.75) is 19.9 Å². The smallest absolute Gasteiger partial charge is 0.256 e. The third kappa shape index (κ3) is 1.86. The standard InChI is InChI=1S/C13H15NO3/c1-7-4-5-9(10(6-7)17-3)11-12(15)8(2)14-13(11)16/h4-6,8,15H,1-3H3,(H,14,16). The van der Waals surface area contributed by atoms with Crippen LogP contribution < -0.4 is 10.1 Å². The van der Waals surface area contributed by atoms with E-state index in [-0.39, 0.29) is 17.7 Å². The van der Waals surface area contributed by atoms with Crippen molar-refractivity contribution in [2.24, 2.45) is 0 Å². The maximum atomic E-state index is 11.8. The number of carbonyl (C=O) groups excluding carboxylic acids is 1. The first-order valence-corrected chi connectivity index (χ1v) is 5.43. The Kier molecular flexibility index (Phi) is 2.79. The van der Waals surface area contributed by atoms with Crippen LogP contribution in [0.15, 0.2) is 24.0 Å². The van der Waals surface area contributed by atoms with E-state index in [1.165, 1.54) is 0 Å². The lowest BCUT2D eigenvalue weighted by Crippen LogP contribution is -2.25. The molecule has 1 aromatic carbocycles. The Hall–Kier alpha value is -1.97. The van der Waals surface area contributed by atoms with Gasteiger partial charge < -0.3 is 15.2 Å². The Bertz CT molecular complexity index is 505. The fraction of sp³-hybridized carbons (Fsp3) is 0.308. The number of amides is 1. The molecule has 0 saturated carbocycles. The molecule has 17 heavy (non-hydrogen) atoms. The summed E-state index contributed by atoms with van der Waals surface area (Å²) in [6, 6.07) is 5.17. The third-order valence-electron chi connectivity index (χ3n) is 2.87. The van der Waals surface area contributed by atoms with Crippen LogP contribution in [-0.4, -0.2) is 24.2 Å². The minimum absolute atomic E-state index is 0.0668. The number of methoxy groups -OCH3 is 1. The normalized spacial score (nSPS) is 19.5. The maximum absolute atomic E-state index is 11.8. The maximum Gasteiger partial charge on any atom is 0.256 e. The summed E-state index contributed by atoms with van der Waals surface area (Å²) in [5, 5.41) is 12.6. The zero-order valence-electron chi connectivity index (χ0n) is 10.1. The van der Waals surface area contributed by atoms with Crippen molar-refractivity contribution in [1.82, 2.24) is 5.32 Å². The molecule has 4 heteroatoms. The molecule has 1 aliphatic heterocycles. The molecule has 0 saturated heterocycles. The summed E-state index contributed by atoms with van der Waals surface area (Å²) in [6.45, 7) is 3.68. The van der Waals surface area contributed by atoms with Crippen molar-refractivity contribution in [2.75, 3.05) is 7.11 Å². The highest BCUT2D eigenvalue weighted by Gasteiger charge is 2.31. The minimum Gasteiger partial charge on any atom is -0.509 e. The molecule has 1 heterocycles. The second-order valence-corrected chi connectivity index (χ2v) is 4.16. The molecular formula is C13H15NO3. The zero-order valence-corrected chi connectivity index (χ0v) is 10.1. The number of aliphatic hydroxyl groups is 1. The highest BCUT2D eigenvalue weighted by atomic mass is 16.5. The number of nitrogens with one attached hydrogen (secondary N) is 1. The lowest BCUT2D eigenvalue weighted by Gasteiger charge is -2.09. The van der Waals surface area contributed by atoms with Crippen molar-refractivity contribution in [3.63, 3.8) is 0 Å². The summed E-state index contributed by atoms with van der Waals surface area (Å²) in [6.07, 6.45) is 0. The van der Waals surface area contributed by atoms with E-state index < -0.39 is 0 Å². The molecule has 0 aliphatic carbocycles. The first kappa shape index (κ1) is 11.5.